The molecule has 0 saturated heterocycles. The highest BCUT2D eigenvalue weighted by atomic mass is 79.9. The van der Waals surface area contributed by atoms with Gasteiger partial charge in [-0.3, -0.25) is 4.79 Å². The number of para-hydroxylation sites is 1. The summed E-state index contributed by atoms with van der Waals surface area (Å²) in [6, 6.07) is 11.3. The minimum Gasteiger partial charge on any atom is -0.320 e. The molecule has 20 heavy (non-hydrogen) atoms. The zero-order valence-electron chi connectivity index (χ0n) is 10.6. The molecule has 0 radical (unpaired) electrons. The molecule has 0 aliphatic carbocycles. The minimum atomic E-state index is -0.249. The number of rotatable bonds is 2. The second-order valence-electron chi connectivity index (χ2n) is 4.17. The van der Waals surface area contributed by atoms with Crippen molar-refractivity contribution in [3.63, 3.8) is 0 Å². The van der Waals surface area contributed by atoms with Gasteiger partial charge >= 0.3 is 0 Å². The van der Waals surface area contributed by atoms with Gasteiger partial charge in [-0.25, -0.2) is 4.98 Å². The number of halogens is 1. The zero-order valence-corrected chi connectivity index (χ0v) is 13.0. The van der Waals surface area contributed by atoms with Gasteiger partial charge in [0.1, 0.15) is 4.83 Å². The van der Waals surface area contributed by atoms with Gasteiger partial charge in [0.2, 0.25) is 0 Å². The van der Waals surface area contributed by atoms with E-state index in [1.807, 2.05) is 36.2 Å². The molecule has 0 fully saturated rings. The van der Waals surface area contributed by atoms with Gasteiger partial charge in [0.25, 0.3) is 5.56 Å². The summed E-state index contributed by atoms with van der Waals surface area (Å²) < 4.78 is 0.949. The summed E-state index contributed by atoms with van der Waals surface area (Å²) >= 11 is 4.90. The average molecular weight is 348 g/mol. The summed E-state index contributed by atoms with van der Waals surface area (Å²) in [6.45, 7) is 0. The van der Waals surface area contributed by atoms with Crippen molar-refractivity contribution in [3.05, 3.63) is 57.4 Å². The fourth-order valence-corrected chi connectivity index (χ4v) is 3.33. The Morgan fingerprint density at radius 2 is 2.00 bits per heavy atom. The first kappa shape index (κ1) is 13.2. The summed E-state index contributed by atoms with van der Waals surface area (Å²) in [5, 5.41) is 1.18. The van der Waals surface area contributed by atoms with Gasteiger partial charge in [0.05, 0.1) is 11.1 Å². The van der Waals surface area contributed by atoms with Crippen molar-refractivity contribution in [1.29, 1.82) is 0 Å². The van der Waals surface area contributed by atoms with E-state index in [2.05, 4.69) is 25.9 Å². The molecular weight excluding hydrogens is 338 g/mol. The van der Waals surface area contributed by atoms with E-state index in [1.165, 1.54) is 11.3 Å². The highest BCUT2D eigenvalue weighted by Crippen LogP contribution is 2.32. The Balaban J connectivity index is 2.15. The van der Waals surface area contributed by atoms with Crippen molar-refractivity contribution < 1.29 is 0 Å². The van der Waals surface area contributed by atoms with Crippen LogP contribution >= 0.6 is 27.3 Å². The van der Waals surface area contributed by atoms with Crippen LogP contribution in [0.5, 0.6) is 0 Å². The van der Waals surface area contributed by atoms with Crippen LogP contribution < -0.4 is 10.5 Å². The molecule has 4 nitrogen and oxygen atoms in total. The van der Waals surface area contributed by atoms with E-state index in [-0.39, 0.29) is 5.56 Å². The van der Waals surface area contributed by atoms with Gasteiger partial charge in [0.15, 0.2) is 5.13 Å². The number of hydrogen-bond donors (Lipinski definition) is 0. The molecule has 0 saturated carbocycles. The molecule has 0 bridgehead atoms. The second kappa shape index (κ2) is 5.30. The maximum atomic E-state index is 12.0. The van der Waals surface area contributed by atoms with E-state index in [4.69, 9.17) is 0 Å². The number of benzene rings is 1. The van der Waals surface area contributed by atoms with Crippen LogP contribution in [0.3, 0.4) is 0 Å². The fourth-order valence-electron chi connectivity index (χ4n) is 1.86. The molecule has 2 aromatic heterocycles. The quantitative estimate of drug-likeness (QED) is 0.710. The molecular formula is C14H10BrN3OS. The van der Waals surface area contributed by atoms with E-state index < -0.39 is 0 Å². The van der Waals surface area contributed by atoms with Crippen LogP contribution in [0.1, 0.15) is 0 Å². The molecule has 2 heterocycles. The van der Waals surface area contributed by atoms with Crippen molar-refractivity contribution >= 4 is 48.3 Å². The summed E-state index contributed by atoms with van der Waals surface area (Å²) in [5.74, 6) is 0. The molecule has 0 aliphatic rings. The normalized spacial score (nSPS) is 10.7. The van der Waals surface area contributed by atoms with Gasteiger partial charge in [-0.1, -0.05) is 23.5 Å². The van der Waals surface area contributed by atoms with E-state index in [0.29, 0.717) is 15.3 Å². The van der Waals surface area contributed by atoms with E-state index >= 15 is 0 Å². The molecule has 6 heteroatoms. The maximum Gasteiger partial charge on any atom is 0.282 e. The topological polar surface area (TPSA) is 46.1 Å². The molecule has 0 aliphatic heterocycles. The lowest BCUT2D eigenvalue weighted by molar-refractivity contribution is 1.14. The molecule has 1 aromatic carbocycles. The predicted octanol–water partition coefficient (Wildman–Crippen LogP) is 3.58. The van der Waals surface area contributed by atoms with Gasteiger partial charge in [-0.2, -0.15) is 4.98 Å². The largest absolute Gasteiger partial charge is 0.320 e. The van der Waals surface area contributed by atoms with Crippen molar-refractivity contribution in [3.8, 4) is 0 Å². The van der Waals surface area contributed by atoms with Crippen LogP contribution in [0.25, 0.3) is 10.2 Å². The third-order valence-electron chi connectivity index (χ3n) is 2.89. The predicted molar refractivity (Wildman–Crippen MR) is 85.9 cm³/mol. The lowest BCUT2D eigenvalue weighted by Crippen LogP contribution is -2.16. The maximum absolute atomic E-state index is 12.0. The molecule has 0 spiro atoms. The Labute approximate surface area is 127 Å². The lowest BCUT2D eigenvalue weighted by Gasteiger charge is -2.18. The van der Waals surface area contributed by atoms with Gasteiger partial charge in [-0.15, -0.1) is 0 Å². The number of pyridine rings is 1. The Bertz CT molecular complexity index is 834. The number of anilines is 2. The Morgan fingerprint density at radius 3 is 2.80 bits per heavy atom. The van der Waals surface area contributed by atoms with Crippen LogP contribution in [-0.4, -0.2) is 17.0 Å². The SMILES string of the molecule is CN(c1nc(=O)c2cccnc2s1)c1ccccc1Br. The third-order valence-corrected chi connectivity index (χ3v) is 4.62. The molecule has 0 atom stereocenters. The number of nitrogens with zero attached hydrogens (tertiary/aromatic N) is 3. The monoisotopic (exact) mass is 347 g/mol. The minimum absolute atomic E-state index is 0.249. The molecule has 0 N–H and O–H groups in total. The molecule has 3 aromatic rings. The van der Waals surface area contributed by atoms with Crippen molar-refractivity contribution in [2.45, 2.75) is 0 Å². The zero-order chi connectivity index (χ0) is 14.1. The Hall–Kier alpha value is -1.79. The highest BCUT2D eigenvalue weighted by Gasteiger charge is 2.12. The standard InChI is InChI=1S/C14H10BrN3OS/c1-18(11-7-3-2-6-10(11)15)14-17-12(19)9-5-4-8-16-13(9)20-14/h2-8H,1H3. The van der Waals surface area contributed by atoms with E-state index in [1.54, 1.807) is 18.3 Å². The van der Waals surface area contributed by atoms with Crippen LogP contribution in [0.4, 0.5) is 10.8 Å². The van der Waals surface area contributed by atoms with Crippen molar-refractivity contribution in [1.82, 2.24) is 9.97 Å². The highest BCUT2D eigenvalue weighted by molar-refractivity contribution is 9.10. The average Bonchev–Trinajstić information content (AvgIpc) is 2.47. The first-order valence-electron chi connectivity index (χ1n) is 5.91. The van der Waals surface area contributed by atoms with Crippen LogP contribution in [0.15, 0.2) is 51.9 Å². The molecule has 0 unspecified atom stereocenters. The number of fused-ring (bicyclic) bond motifs is 1. The Kier molecular flexibility index (Phi) is 3.50. The third kappa shape index (κ3) is 2.32. The van der Waals surface area contributed by atoms with Crippen LogP contribution in [-0.2, 0) is 0 Å². The summed E-state index contributed by atoms with van der Waals surface area (Å²) in [5.41, 5.74) is 0.701. The van der Waals surface area contributed by atoms with E-state index in [0.717, 1.165) is 10.2 Å². The molecule has 100 valence electrons. The summed E-state index contributed by atoms with van der Waals surface area (Å²) in [6.07, 6.45) is 1.68. The first-order valence-corrected chi connectivity index (χ1v) is 7.52. The smallest absolute Gasteiger partial charge is 0.282 e. The number of hydrogen-bond acceptors (Lipinski definition) is 5. The Morgan fingerprint density at radius 1 is 1.20 bits per heavy atom. The summed E-state index contributed by atoms with van der Waals surface area (Å²) in [7, 11) is 1.88. The van der Waals surface area contributed by atoms with Crippen LogP contribution in [0, 0.1) is 0 Å². The molecule has 3 rings (SSSR count). The van der Waals surface area contributed by atoms with Crippen LogP contribution in [0.2, 0.25) is 0 Å². The fraction of sp³-hybridized carbons (Fsp3) is 0.0714. The number of aromatic nitrogens is 2. The van der Waals surface area contributed by atoms with Gasteiger partial charge in [0, 0.05) is 17.7 Å². The second-order valence-corrected chi connectivity index (χ2v) is 5.98. The van der Waals surface area contributed by atoms with Gasteiger partial charge in [-0.05, 0) is 40.2 Å². The van der Waals surface area contributed by atoms with Crippen molar-refractivity contribution in [2.24, 2.45) is 0 Å². The first-order chi connectivity index (χ1) is 9.66. The lowest BCUT2D eigenvalue weighted by atomic mass is 10.3. The summed E-state index contributed by atoms with van der Waals surface area (Å²) in [4.78, 5) is 23.0. The van der Waals surface area contributed by atoms with Gasteiger partial charge < -0.3 is 4.90 Å². The molecule has 0 amide bonds. The van der Waals surface area contributed by atoms with Crippen molar-refractivity contribution in [2.75, 3.05) is 11.9 Å². The van der Waals surface area contributed by atoms with E-state index in [9.17, 15) is 4.79 Å².